The van der Waals surface area contributed by atoms with E-state index >= 15 is 0 Å². The predicted octanol–water partition coefficient (Wildman–Crippen LogP) is 1.88. The molecule has 1 aliphatic heterocycles. The van der Waals surface area contributed by atoms with E-state index in [2.05, 4.69) is 22.2 Å². The van der Waals surface area contributed by atoms with E-state index in [0.717, 1.165) is 17.1 Å². The Balaban J connectivity index is 2.23. The number of nitrogens with zero attached hydrogens (tertiary/aromatic N) is 2. The maximum absolute atomic E-state index is 13.2. The van der Waals surface area contributed by atoms with Crippen LogP contribution in [0.4, 0.5) is 10.2 Å². The van der Waals surface area contributed by atoms with Crippen LogP contribution >= 0.6 is 11.8 Å². The molecule has 0 aromatic carbocycles. The summed E-state index contributed by atoms with van der Waals surface area (Å²) in [5.41, 5.74) is 0.923. The van der Waals surface area contributed by atoms with Crippen molar-refractivity contribution >= 4 is 17.6 Å². The van der Waals surface area contributed by atoms with Crippen molar-refractivity contribution in [3.05, 3.63) is 23.6 Å². The zero-order chi connectivity index (χ0) is 12.3. The molecule has 1 atom stereocenters. The molecule has 0 spiro atoms. The van der Waals surface area contributed by atoms with E-state index in [1.54, 1.807) is 6.07 Å². The van der Waals surface area contributed by atoms with Crippen LogP contribution in [0.3, 0.4) is 0 Å². The van der Waals surface area contributed by atoms with E-state index in [1.165, 1.54) is 18.4 Å². The molecular weight excluding hydrogens is 237 g/mol. The van der Waals surface area contributed by atoms with Gasteiger partial charge in [0, 0.05) is 31.0 Å². The second-order valence-electron chi connectivity index (χ2n) is 4.29. The molecule has 0 bridgehead atoms. The van der Waals surface area contributed by atoms with Crippen molar-refractivity contribution in [1.82, 2.24) is 10.3 Å². The molecule has 1 N–H and O–H groups in total. The summed E-state index contributed by atoms with van der Waals surface area (Å²) in [6, 6.07) is 2.09. The smallest absolute Gasteiger partial charge is 0.141 e. The topological polar surface area (TPSA) is 28.2 Å². The highest BCUT2D eigenvalue weighted by molar-refractivity contribution is 7.99. The monoisotopic (exact) mass is 255 g/mol. The number of nitrogens with one attached hydrogen (secondary N) is 1. The van der Waals surface area contributed by atoms with Crippen LogP contribution in [0.1, 0.15) is 12.0 Å². The molecule has 1 aliphatic rings. The van der Waals surface area contributed by atoms with E-state index in [0.29, 0.717) is 12.6 Å². The molecule has 1 saturated heterocycles. The maximum Gasteiger partial charge on any atom is 0.141 e. The first-order chi connectivity index (χ1) is 8.22. The van der Waals surface area contributed by atoms with Crippen molar-refractivity contribution in [3.63, 3.8) is 0 Å². The molecule has 94 valence electrons. The van der Waals surface area contributed by atoms with Gasteiger partial charge >= 0.3 is 0 Å². The lowest BCUT2D eigenvalue weighted by Crippen LogP contribution is -2.33. The van der Waals surface area contributed by atoms with Gasteiger partial charge in [-0.3, -0.25) is 0 Å². The Morgan fingerprint density at radius 1 is 1.65 bits per heavy atom. The second-order valence-corrected chi connectivity index (χ2v) is 5.44. The average molecular weight is 255 g/mol. The largest absolute Gasteiger partial charge is 0.356 e. The fourth-order valence-electron chi connectivity index (χ4n) is 2.11. The molecule has 2 heterocycles. The summed E-state index contributed by atoms with van der Waals surface area (Å²) in [6.07, 6.45) is 2.48. The first-order valence-corrected chi connectivity index (χ1v) is 6.97. The zero-order valence-corrected chi connectivity index (χ0v) is 11.1. The van der Waals surface area contributed by atoms with Gasteiger partial charge in [0.2, 0.25) is 0 Å². The lowest BCUT2D eigenvalue weighted by atomic mass is 10.2. The Labute approximate surface area is 106 Å². The van der Waals surface area contributed by atoms with Crippen molar-refractivity contribution in [3.8, 4) is 0 Å². The minimum atomic E-state index is -0.270. The van der Waals surface area contributed by atoms with E-state index in [9.17, 15) is 4.39 Å². The van der Waals surface area contributed by atoms with Crippen molar-refractivity contribution in [2.24, 2.45) is 0 Å². The van der Waals surface area contributed by atoms with Crippen molar-refractivity contribution in [2.45, 2.75) is 19.0 Å². The highest BCUT2D eigenvalue weighted by Gasteiger charge is 2.22. The number of hydrogen-bond donors (Lipinski definition) is 1. The van der Waals surface area contributed by atoms with E-state index in [-0.39, 0.29) is 5.82 Å². The maximum atomic E-state index is 13.2. The first kappa shape index (κ1) is 12.6. The van der Waals surface area contributed by atoms with Crippen LogP contribution in [0.2, 0.25) is 0 Å². The molecule has 1 aromatic heterocycles. The van der Waals surface area contributed by atoms with Gasteiger partial charge in [-0.05, 0) is 25.3 Å². The minimum absolute atomic E-state index is 0.270. The summed E-state index contributed by atoms with van der Waals surface area (Å²) in [4.78, 5) is 6.43. The highest BCUT2D eigenvalue weighted by Crippen LogP contribution is 2.27. The molecule has 5 heteroatoms. The van der Waals surface area contributed by atoms with Gasteiger partial charge in [0.1, 0.15) is 11.6 Å². The molecule has 1 unspecified atom stereocenters. The molecule has 0 saturated carbocycles. The average Bonchev–Trinajstić information content (AvgIpc) is 2.82. The lowest BCUT2D eigenvalue weighted by molar-refractivity contribution is 0.612. The summed E-state index contributed by atoms with van der Waals surface area (Å²) >= 11 is 1.97. The summed E-state index contributed by atoms with van der Waals surface area (Å²) in [6.45, 7) is 0.643. The van der Waals surface area contributed by atoms with Gasteiger partial charge in [0.05, 0.1) is 6.20 Å². The molecule has 17 heavy (non-hydrogen) atoms. The van der Waals surface area contributed by atoms with Crippen LogP contribution in [0.5, 0.6) is 0 Å². The molecule has 3 nitrogen and oxygen atoms in total. The number of anilines is 1. The number of aromatic nitrogens is 1. The van der Waals surface area contributed by atoms with Crippen LogP contribution in [-0.2, 0) is 6.54 Å². The Morgan fingerprint density at radius 3 is 3.12 bits per heavy atom. The number of halogens is 1. The van der Waals surface area contributed by atoms with E-state index < -0.39 is 0 Å². The van der Waals surface area contributed by atoms with E-state index in [4.69, 9.17) is 0 Å². The Morgan fingerprint density at radius 2 is 2.47 bits per heavy atom. The predicted molar refractivity (Wildman–Crippen MR) is 71.1 cm³/mol. The Hall–Kier alpha value is -0.810. The third-order valence-electron chi connectivity index (χ3n) is 3.06. The molecule has 0 aliphatic carbocycles. The summed E-state index contributed by atoms with van der Waals surface area (Å²) in [5, 5.41) is 3.06. The van der Waals surface area contributed by atoms with Crippen molar-refractivity contribution < 1.29 is 4.39 Å². The van der Waals surface area contributed by atoms with Crippen LogP contribution < -0.4 is 10.2 Å². The van der Waals surface area contributed by atoms with Gasteiger partial charge in [-0.25, -0.2) is 9.37 Å². The molecule has 0 radical (unpaired) electrons. The molecule has 2 rings (SSSR count). The lowest BCUT2D eigenvalue weighted by Gasteiger charge is -2.27. The van der Waals surface area contributed by atoms with Gasteiger partial charge in [-0.1, -0.05) is 0 Å². The molecular formula is C12H18FN3S. The summed E-state index contributed by atoms with van der Waals surface area (Å²) in [7, 11) is 3.91. The Bertz CT molecular complexity index is 380. The van der Waals surface area contributed by atoms with Crippen molar-refractivity contribution in [2.75, 3.05) is 30.5 Å². The quantitative estimate of drug-likeness (QED) is 0.889. The van der Waals surface area contributed by atoms with Gasteiger partial charge in [-0.2, -0.15) is 11.8 Å². The fourth-order valence-corrected chi connectivity index (χ4v) is 3.38. The number of hydrogen-bond acceptors (Lipinski definition) is 4. The SMILES string of the molecule is CNCc1cc(F)cnc1N(C)C1CCSC1. The van der Waals surface area contributed by atoms with Crippen LogP contribution in [-0.4, -0.2) is 36.6 Å². The second kappa shape index (κ2) is 5.69. The normalized spacial score (nSPS) is 19.6. The first-order valence-electron chi connectivity index (χ1n) is 5.82. The fraction of sp³-hybridized carbons (Fsp3) is 0.583. The standard InChI is InChI=1S/C12H18FN3S/c1-14-6-9-5-10(13)7-15-12(9)16(2)11-3-4-17-8-11/h5,7,11,14H,3-4,6,8H2,1-2H3. The van der Waals surface area contributed by atoms with Gasteiger partial charge < -0.3 is 10.2 Å². The van der Waals surface area contributed by atoms with E-state index in [1.807, 2.05) is 18.8 Å². The number of thioether (sulfide) groups is 1. The minimum Gasteiger partial charge on any atom is -0.356 e. The molecule has 1 fully saturated rings. The third-order valence-corrected chi connectivity index (χ3v) is 4.21. The summed E-state index contributed by atoms with van der Waals surface area (Å²) < 4.78 is 13.2. The zero-order valence-electron chi connectivity index (χ0n) is 10.2. The van der Waals surface area contributed by atoms with Gasteiger partial charge in [0.15, 0.2) is 0 Å². The summed E-state index contributed by atoms with van der Waals surface area (Å²) in [5.74, 6) is 2.97. The van der Waals surface area contributed by atoms with Gasteiger partial charge in [-0.15, -0.1) is 0 Å². The van der Waals surface area contributed by atoms with Gasteiger partial charge in [0.25, 0.3) is 0 Å². The molecule has 1 aromatic rings. The van der Waals surface area contributed by atoms with Crippen LogP contribution in [0.25, 0.3) is 0 Å². The number of pyridine rings is 1. The number of rotatable bonds is 4. The third kappa shape index (κ3) is 2.90. The Kier molecular flexibility index (Phi) is 4.23. The van der Waals surface area contributed by atoms with Crippen LogP contribution in [0.15, 0.2) is 12.3 Å². The molecule has 0 amide bonds. The van der Waals surface area contributed by atoms with Crippen molar-refractivity contribution in [1.29, 1.82) is 0 Å². The highest BCUT2D eigenvalue weighted by atomic mass is 32.2. The van der Waals surface area contributed by atoms with Crippen LogP contribution in [0, 0.1) is 5.82 Å².